The largest absolute Gasteiger partial charge is 0.370 e. The van der Waals surface area contributed by atoms with Crippen molar-refractivity contribution in [2.45, 2.75) is 13.3 Å². The normalized spacial score (nSPS) is 10.4. The van der Waals surface area contributed by atoms with Crippen LogP contribution >= 0.6 is 11.6 Å². The Kier molecular flexibility index (Phi) is 5.29. The molecule has 1 heterocycles. The number of nitrogens with one attached hydrogen (secondary N) is 2. The molecule has 0 aliphatic rings. The minimum Gasteiger partial charge on any atom is -0.370 e. The van der Waals surface area contributed by atoms with Gasteiger partial charge in [-0.3, -0.25) is 0 Å². The fraction of sp³-hybridized carbons (Fsp3) is 0.158. The van der Waals surface area contributed by atoms with Crippen LogP contribution in [-0.4, -0.2) is 16.5 Å². The first kappa shape index (κ1) is 16.3. The van der Waals surface area contributed by atoms with E-state index in [0.29, 0.717) is 5.95 Å². The summed E-state index contributed by atoms with van der Waals surface area (Å²) < 4.78 is 0. The predicted molar refractivity (Wildman–Crippen MR) is 100 cm³/mol. The molecule has 0 saturated heterocycles. The van der Waals surface area contributed by atoms with E-state index >= 15 is 0 Å². The smallest absolute Gasteiger partial charge is 0.229 e. The van der Waals surface area contributed by atoms with Crippen molar-refractivity contribution in [2.75, 3.05) is 17.2 Å². The van der Waals surface area contributed by atoms with Gasteiger partial charge in [-0.15, -0.1) is 0 Å². The van der Waals surface area contributed by atoms with Gasteiger partial charge in [-0.25, -0.2) is 4.98 Å². The lowest BCUT2D eigenvalue weighted by molar-refractivity contribution is 1.00. The van der Waals surface area contributed by atoms with E-state index in [9.17, 15) is 0 Å². The molecule has 0 fully saturated rings. The SMILES string of the molecule is Cc1ccc(Nc2nccc(NCCc3ccc(Cl)cc3)n2)cc1. The number of anilines is 3. The van der Waals surface area contributed by atoms with Crippen molar-refractivity contribution in [3.8, 4) is 0 Å². The molecule has 2 N–H and O–H groups in total. The maximum atomic E-state index is 5.89. The van der Waals surface area contributed by atoms with Gasteiger partial charge in [-0.1, -0.05) is 41.4 Å². The van der Waals surface area contributed by atoms with Crippen molar-refractivity contribution in [2.24, 2.45) is 0 Å². The Morgan fingerprint density at radius 2 is 1.71 bits per heavy atom. The van der Waals surface area contributed by atoms with Crippen molar-refractivity contribution in [1.29, 1.82) is 0 Å². The fourth-order valence-electron chi connectivity index (χ4n) is 2.27. The summed E-state index contributed by atoms with van der Waals surface area (Å²) in [7, 11) is 0. The predicted octanol–water partition coefficient (Wildman–Crippen LogP) is 4.84. The summed E-state index contributed by atoms with van der Waals surface area (Å²) in [6, 6.07) is 17.9. The molecule has 0 atom stereocenters. The van der Waals surface area contributed by atoms with Gasteiger partial charge < -0.3 is 10.6 Å². The molecule has 5 heteroatoms. The van der Waals surface area contributed by atoms with Crippen LogP contribution in [0, 0.1) is 6.92 Å². The Hall–Kier alpha value is -2.59. The molecule has 0 aliphatic heterocycles. The van der Waals surface area contributed by atoms with Gasteiger partial charge in [0.2, 0.25) is 5.95 Å². The molecule has 122 valence electrons. The summed E-state index contributed by atoms with van der Waals surface area (Å²) in [5, 5.41) is 7.29. The number of hydrogen-bond acceptors (Lipinski definition) is 4. The summed E-state index contributed by atoms with van der Waals surface area (Å²) in [5.74, 6) is 1.38. The van der Waals surface area contributed by atoms with Crippen LogP contribution in [0.3, 0.4) is 0 Å². The Morgan fingerprint density at radius 3 is 2.46 bits per heavy atom. The molecule has 0 unspecified atom stereocenters. The van der Waals surface area contributed by atoms with Gasteiger partial charge in [-0.05, 0) is 49.2 Å². The van der Waals surface area contributed by atoms with Gasteiger partial charge in [0.15, 0.2) is 0 Å². The number of halogens is 1. The van der Waals surface area contributed by atoms with E-state index in [0.717, 1.165) is 29.5 Å². The van der Waals surface area contributed by atoms with E-state index in [4.69, 9.17) is 11.6 Å². The van der Waals surface area contributed by atoms with E-state index < -0.39 is 0 Å². The van der Waals surface area contributed by atoms with Gasteiger partial charge in [0.1, 0.15) is 5.82 Å². The Balaban J connectivity index is 1.56. The molecule has 24 heavy (non-hydrogen) atoms. The summed E-state index contributed by atoms with van der Waals surface area (Å²) in [5.41, 5.74) is 3.43. The van der Waals surface area contributed by atoms with Crippen molar-refractivity contribution >= 4 is 29.1 Å². The molecule has 2 aromatic carbocycles. The van der Waals surface area contributed by atoms with Gasteiger partial charge in [0.05, 0.1) is 0 Å². The van der Waals surface area contributed by atoms with Crippen LogP contribution in [0.2, 0.25) is 5.02 Å². The van der Waals surface area contributed by atoms with E-state index in [1.165, 1.54) is 11.1 Å². The van der Waals surface area contributed by atoms with E-state index in [1.807, 2.05) is 42.5 Å². The van der Waals surface area contributed by atoms with Crippen LogP contribution in [0.15, 0.2) is 60.8 Å². The quantitative estimate of drug-likeness (QED) is 0.675. The number of nitrogens with zero attached hydrogens (tertiary/aromatic N) is 2. The van der Waals surface area contributed by atoms with E-state index in [-0.39, 0.29) is 0 Å². The van der Waals surface area contributed by atoms with E-state index in [1.54, 1.807) is 6.20 Å². The molecule has 0 bridgehead atoms. The van der Waals surface area contributed by atoms with Crippen molar-refractivity contribution in [3.63, 3.8) is 0 Å². The minimum atomic E-state index is 0.579. The number of hydrogen-bond donors (Lipinski definition) is 2. The van der Waals surface area contributed by atoms with Gasteiger partial charge >= 0.3 is 0 Å². The van der Waals surface area contributed by atoms with Crippen molar-refractivity contribution in [1.82, 2.24) is 9.97 Å². The summed E-state index contributed by atoms with van der Waals surface area (Å²) in [4.78, 5) is 8.74. The maximum absolute atomic E-state index is 5.89. The average Bonchev–Trinajstić information content (AvgIpc) is 2.59. The van der Waals surface area contributed by atoms with Crippen molar-refractivity contribution in [3.05, 3.63) is 76.9 Å². The first-order valence-corrected chi connectivity index (χ1v) is 8.22. The molecule has 0 amide bonds. The Labute approximate surface area is 146 Å². The fourth-order valence-corrected chi connectivity index (χ4v) is 2.40. The molecule has 0 spiro atoms. The molecule has 3 rings (SSSR count). The third-order valence-corrected chi connectivity index (χ3v) is 3.85. The third-order valence-electron chi connectivity index (χ3n) is 3.60. The molecule has 0 radical (unpaired) electrons. The second-order valence-corrected chi connectivity index (χ2v) is 6.00. The summed E-state index contributed by atoms with van der Waals surface area (Å²) >= 11 is 5.89. The second-order valence-electron chi connectivity index (χ2n) is 5.56. The Bertz CT molecular complexity index is 785. The topological polar surface area (TPSA) is 49.8 Å². The van der Waals surface area contributed by atoms with Crippen LogP contribution in [0.5, 0.6) is 0 Å². The van der Waals surface area contributed by atoms with Gasteiger partial charge in [0.25, 0.3) is 0 Å². The van der Waals surface area contributed by atoms with Gasteiger partial charge in [0, 0.05) is 23.5 Å². The summed E-state index contributed by atoms with van der Waals surface area (Å²) in [6.45, 7) is 2.86. The molecule has 0 aliphatic carbocycles. The van der Waals surface area contributed by atoms with Crippen LogP contribution in [-0.2, 0) is 6.42 Å². The Morgan fingerprint density at radius 1 is 0.958 bits per heavy atom. The van der Waals surface area contributed by atoms with Crippen LogP contribution in [0.4, 0.5) is 17.5 Å². The first-order valence-electron chi connectivity index (χ1n) is 7.84. The lowest BCUT2D eigenvalue weighted by Gasteiger charge is -2.09. The number of rotatable bonds is 6. The zero-order chi connectivity index (χ0) is 16.8. The van der Waals surface area contributed by atoms with Crippen LogP contribution in [0.1, 0.15) is 11.1 Å². The highest BCUT2D eigenvalue weighted by molar-refractivity contribution is 6.30. The molecular weight excluding hydrogens is 320 g/mol. The van der Waals surface area contributed by atoms with Crippen LogP contribution in [0.25, 0.3) is 0 Å². The standard InChI is InChI=1S/C19H19ClN4/c1-14-2-8-17(9-3-14)23-19-22-13-11-18(24-19)21-12-10-15-4-6-16(20)7-5-15/h2-9,11,13H,10,12H2,1H3,(H2,21,22,23,24). The molecule has 3 aromatic rings. The zero-order valence-corrected chi connectivity index (χ0v) is 14.2. The number of benzene rings is 2. The van der Waals surface area contributed by atoms with Crippen LogP contribution < -0.4 is 10.6 Å². The number of aromatic nitrogens is 2. The first-order chi connectivity index (χ1) is 11.7. The highest BCUT2D eigenvalue weighted by Gasteiger charge is 2.00. The maximum Gasteiger partial charge on any atom is 0.229 e. The van der Waals surface area contributed by atoms with Gasteiger partial charge in [-0.2, -0.15) is 4.98 Å². The molecular formula is C19H19ClN4. The monoisotopic (exact) mass is 338 g/mol. The highest BCUT2D eigenvalue weighted by atomic mass is 35.5. The molecule has 4 nitrogen and oxygen atoms in total. The minimum absolute atomic E-state index is 0.579. The van der Waals surface area contributed by atoms with Crippen molar-refractivity contribution < 1.29 is 0 Å². The van der Waals surface area contributed by atoms with E-state index in [2.05, 4.69) is 39.7 Å². The lowest BCUT2D eigenvalue weighted by Crippen LogP contribution is -2.07. The highest BCUT2D eigenvalue weighted by Crippen LogP contribution is 2.15. The molecule has 1 aromatic heterocycles. The summed E-state index contributed by atoms with van der Waals surface area (Å²) in [6.07, 6.45) is 2.65. The number of aryl methyl sites for hydroxylation is 1. The zero-order valence-electron chi connectivity index (χ0n) is 13.5. The third kappa shape index (κ3) is 4.70. The lowest BCUT2D eigenvalue weighted by atomic mass is 10.1. The second kappa shape index (κ2) is 7.79. The molecule has 0 saturated carbocycles. The average molecular weight is 339 g/mol.